The average Bonchev–Trinajstić information content (AvgIpc) is 3.06. The summed E-state index contributed by atoms with van der Waals surface area (Å²) in [7, 11) is 0. The molecular formula is C13H16N6. The molecule has 19 heavy (non-hydrogen) atoms. The molecule has 0 radical (unpaired) electrons. The molecule has 6 nitrogen and oxygen atoms in total. The van der Waals surface area contributed by atoms with E-state index in [0.29, 0.717) is 6.54 Å². The molecule has 0 unspecified atom stereocenters. The van der Waals surface area contributed by atoms with E-state index in [4.69, 9.17) is 0 Å². The quantitative estimate of drug-likeness (QED) is 0.746. The summed E-state index contributed by atoms with van der Waals surface area (Å²) in [5, 5.41) is 11.7. The molecule has 3 rings (SSSR count). The maximum atomic E-state index is 4.18. The Hall–Kier alpha value is -2.21. The summed E-state index contributed by atoms with van der Waals surface area (Å²) < 4.78 is 4.11. The van der Waals surface area contributed by atoms with Crippen LogP contribution in [0.25, 0.3) is 5.65 Å². The molecule has 98 valence electrons. The van der Waals surface area contributed by atoms with Crippen LogP contribution in [-0.2, 0) is 19.6 Å². The van der Waals surface area contributed by atoms with Gasteiger partial charge >= 0.3 is 0 Å². The number of hydrogen-bond donors (Lipinski definition) is 1. The van der Waals surface area contributed by atoms with Crippen molar-refractivity contribution in [1.82, 2.24) is 29.5 Å². The van der Waals surface area contributed by atoms with Crippen LogP contribution in [0.4, 0.5) is 0 Å². The summed E-state index contributed by atoms with van der Waals surface area (Å²) >= 11 is 0. The molecule has 3 aromatic rings. The van der Waals surface area contributed by atoms with Crippen molar-refractivity contribution in [3.8, 4) is 0 Å². The highest BCUT2D eigenvalue weighted by molar-refractivity contribution is 5.36. The minimum absolute atomic E-state index is 0.681. The van der Waals surface area contributed by atoms with E-state index in [-0.39, 0.29) is 0 Å². The first-order chi connectivity index (χ1) is 9.38. The molecule has 0 fully saturated rings. The predicted molar refractivity (Wildman–Crippen MR) is 71.4 cm³/mol. The number of fused-ring (bicyclic) bond motifs is 1. The lowest BCUT2D eigenvalue weighted by Gasteiger charge is -2.06. The molecule has 0 bridgehead atoms. The molecule has 3 aromatic heterocycles. The largest absolute Gasteiger partial charge is 0.334 e. The predicted octanol–water partition coefficient (Wildman–Crippen LogP) is 1.24. The Morgan fingerprint density at radius 3 is 3.05 bits per heavy atom. The summed E-state index contributed by atoms with van der Waals surface area (Å²) in [6, 6.07) is 5.88. The van der Waals surface area contributed by atoms with Crippen LogP contribution in [0.5, 0.6) is 0 Å². The van der Waals surface area contributed by atoms with E-state index in [9.17, 15) is 0 Å². The average molecular weight is 256 g/mol. The lowest BCUT2D eigenvalue weighted by atomic mass is 10.4. The summed E-state index contributed by atoms with van der Waals surface area (Å²) in [6.45, 7) is 4.50. The third-order valence-corrected chi connectivity index (χ3v) is 3.11. The number of nitrogens with one attached hydrogen (secondary N) is 1. The normalized spacial score (nSPS) is 11.2. The standard InChI is InChI=1S/C13H16N6/c1-2-18-10-15-8-11(18)7-14-9-13-17-16-12-5-3-4-6-19(12)13/h3-6,8,10,14H,2,7,9H2,1H3. The number of rotatable bonds is 5. The molecule has 0 aliphatic heterocycles. The van der Waals surface area contributed by atoms with Gasteiger partial charge in [0.2, 0.25) is 0 Å². The van der Waals surface area contributed by atoms with Crippen molar-refractivity contribution in [1.29, 1.82) is 0 Å². The van der Waals surface area contributed by atoms with E-state index in [2.05, 4.69) is 32.0 Å². The van der Waals surface area contributed by atoms with E-state index in [1.807, 2.05) is 41.3 Å². The number of aryl methyl sites for hydroxylation is 1. The van der Waals surface area contributed by atoms with Gasteiger partial charge in [0.15, 0.2) is 11.5 Å². The van der Waals surface area contributed by atoms with Crippen molar-refractivity contribution in [3.05, 3.63) is 48.4 Å². The molecule has 0 saturated heterocycles. The smallest absolute Gasteiger partial charge is 0.160 e. The summed E-state index contributed by atoms with van der Waals surface area (Å²) in [5.74, 6) is 0.915. The number of pyridine rings is 1. The Kier molecular flexibility index (Phi) is 3.24. The van der Waals surface area contributed by atoms with Gasteiger partial charge in [-0.25, -0.2) is 4.98 Å². The van der Waals surface area contributed by atoms with Crippen LogP contribution in [0.1, 0.15) is 18.4 Å². The molecule has 6 heteroatoms. The number of nitrogens with zero attached hydrogens (tertiary/aromatic N) is 5. The van der Waals surface area contributed by atoms with Gasteiger partial charge in [-0.15, -0.1) is 10.2 Å². The lowest BCUT2D eigenvalue weighted by Crippen LogP contribution is -2.17. The van der Waals surface area contributed by atoms with Gasteiger partial charge in [0.1, 0.15) is 0 Å². The Bertz CT molecular complexity index is 668. The fourth-order valence-corrected chi connectivity index (χ4v) is 2.09. The van der Waals surface area contributed by atoms with E-state index in [1.165, 1.54) is 5.69 Å². The van der Waals surface area contributed by atoms with Crippen molar-refractivity contribution in [2.45, 2.75) is 26.6 Å². The topological polar surface area (TPSA) is 60.0 Å². The van der Waals surface area contributed by atoms with Gasteiger partial charge in [-0.3, -0.25) is 4.40 Å². The van der Waals surface area contributed by atoms with Gasteiger partial charge in [0, 0.05) is 25.5 Å². The maximum absolute atomic E-state index is 4.18. The third-order valence-electron chi connectivity index (χ3n) is 3.11. The Balaban J connectivity index is 1.67. The van der Waals surface area contributed by atoms with Crippen LogP contribution >= 0.6 is 0 Å². The summed E-state index contributed by atoms with van der Waals surface area (Å²) in [5.41, 5.74) is 2.05. The minimum Gasteiger partial charge on any atom is -0.334 e. The van der Waals surface area contributed by atoms with E-state index < -0.39 is 0 Å². The summed E-state index contributed by atoms with van der Waals surface area (Å²) in [6.07, 6.45) is 5.71. The van der Waals surface area contributed by atoms with Crippen molar-refractivity contribution < 1.29 is 0 Å². The van der Waals surface area contributed by atoms with E-state index in [0.717, 1.165) is 24.6 Å². The second-order valence-electron chi connectivity index (χ2n) is 4.32. The highest BCUT2D eigenvalue weighted by Crippen LogP contribution is 2.03. The molecule has 0 atom stereocenters. The van der Waals surface area contributed by atoms with Gasteiger partial charge in [-0.2, -0.15) is 0 Å². The first-order valence-corrected chi connectivity index (χ1v) is 6.37. The molecule has 3 heterocycles. The molecule has 0 spiro atoms. The molecule has 0 saturated carbocycles. The molecule has 1 N–H and O–H groups in total. The van der Waals surface area contributed by atoms with Crippen LogP contribution < -0.4 is 5.32 Å². The minimum atomic E-state index is 0.681. The van der Waals surface area contributed by atoms with Gasteiger partial charge in [0.05, 0.1) is 18.6 Å². The van der Waals surface area contributed by atoms with Crippen molar-refractivity contribution in [2.24, 2.45) is 0 Å². The first kappa shape index (κ1) is 11.9. The van der Waals surface area contributed by atoms with Crippen LogP contribution in [-0.4, -0.2) is 24.1 Å². The number of hydrogen-bond acceptors (Lipinski definition) is 4. The Morgan fingerprint density at radius 1 is 1.21 bits per heavy atom. The van der Waals surface area contributed by atoms with E-state index in [1.54, 1.807) is 0 Å². The van der Waals surface area contributed by atoms with Gasteiger partial charge in [-0.05, 0) is 19.1 Å². The van der Waals surface area contributed by atoms with Crippen molar-refractivity contribution in [3.63, 3.8) is 0 Å². The fraction of sp³-hybridized carbons (Fsp3) is 0.308. The van der Waals surface area contributed by atoms with Gasteiger partial charge < -0.3 is 9.88 Å². The first-order valence-electron chi connectivity index (χ1n) is 6.37. The number of imidazole rings is 1. The molecular weight excluding hydrogens is 240 g/mol. The highest BCUT2D eigenvalue weighted by Gasteiger charge is 2.05. The zero-order valence-electron chi connectivity index (χ0n) is 10.8. The second kappa shape index (κ2) is 5.19. The fourth-order valence-electron chi connectivity index (χ4n) is 2.09. The SMILES string of the molecule is CCn1cncc1CNCc1nnc2ccccn12. The van der Waals surface area contributed by atoms with Crippen LogP contribution in [0.2, 0.25) is 0 Å². The lowest BCUT2D eigenvalue weighted by molar-refractivity contribution is 0.610. The van der Waals surface area contributed by atoms with Gasteiger partial charge in [-0.1, -0.05) is 6.07 Å². The van der Waals surface area contributed by atoms with Crippen LogP contribution in [0, 0.1) is 0 Å². The molecule has 0 amide bonds. The third kappa shape index (κ3) is 2.34. The highest BCUT2D eigenvalue weighted by atomic mass is 15.3. The number of aromatic nitrogens is 5. The van der Waals surface area contributed by atoms with Crippen LogP contribution in [0.3, 0.4) is 0 Å². The van der Waals surface area contributed by atoms with Crippen LogP contribution in [0.15, 0.2) is 36.9 Å². The summed E-state index contributed by atoms with van der Waals surface area (Å²) in [4.78, 5) is 4.15. The monoisotopic (exact) mass is 256 g/mol. The van der Waals surface area contributed by atoms with Gasteiger partial charge in [0.25, 0.3) is 0 Å². The zero-order chi connectivity index (χ0) is 13.1. The van der Waals surface area contributed by atoms with E-state index >= 15 is 0 Å². The Labute approximate surface area is 111 Å². The maximum Gasteiger partial charge on any atom is 0.160 e. The second-order valence-corrected chi connectivity index (χ2v) is 4.32. The molecule has 0 aliphatic carbocycles. The Morgan fingerprint density at radius 2 is 2.16 bits per heavy atom. The molecule has 0 aliphatic rings. The molecule has 0 aromatic carbocycles. The van der Waals surface area contributed by atoms with Crippen molar-refractivity contribution in [2.75, 3.05) is 0 Å². The van der Waals surface area contributed by atoms with Crippen molar-refractivity contribution >= 4 is 5.65 Å². The zero-order valence-corrected chi connectivity index (χ0v) is 10.8.